The Hall–Kier alpha value is -1.39. The molecule has 0 spiro atoms. The van der Waals surface area contributed by atoms with Crippen molar-refractivity contribution in [1.82, 2.24) is 0 Å². The van der Waals surface area contributed by atoms with Gasteiger partial charge in [-0.1, -0.05) is 12.1 Å². The van der Waals surface area contributed by atoms with Crippen LogP contribution < -0.4 is 10.6 Å². The van der Waals surface area contributed by atoms with E-state index in [9.17, 15) is 4.79 Å². The number of rotatable bonds is 3. The Kier molecular flexibility index (Phi) is 3.92. The summed E-state index contributed by atoms with van der Waals surface area (Å²) in [4.78, 5) is 14.6. The molecule has 1 fully saturated rings. The Balaban J connectivity index is 2.30. The average Bonchev–Trinajstić information content (AvgIpc) is 2.72. The summed E-state index contributed by atoms with van der Waals surface area (Å²) in [6.45, 7) is 7.37. The molecule has 1 heterocycles. The van der Waals surface area contributed by atoms with Gasteiger partial charge in [-0.05, 0) is 38.5 Å². The highest BCUT2D eigenvalue weighted by Gasteiger charge is 2.46. The van der Waals surface area contributed by atoms with E-state index in [0.717, 1.165) is 11.3 Å². The van der Waals surface area contributed by atoms with Crippen LogP contribution in [0.25, 0.3) is 0 Å². The zero-order valence-electron chi connectivity index (χ0n) is 11.8. The number of hydrogen-bond acceptors (Lipinski definition) is 3. The molecule has 0 radical (unpaired) electrons. The molecule has 0 bridgehead atoms. The van der Waals surface area contributed by atoms with Gasteiger partial charge in [-0.25, -0.2) is 0 Å². The molecule has 1 saturated heterocycles. The van der Waals surface area contributed by atoms with E-state index >= 15 is 0 Å². The minimum absolute atomic E-state index is 0.0469. The molecular formula is C15H22N2O2. The van der Waals surface area contributed by atoms with Crippen molar-refractivity contribution >= 4 is 11.6 Å². The Bertz CT molecular complexity index is 475. The van der Waals surface area contributed by atoms with Crippen LogP contribution >= 0.6 is 0 Å². The number of hydrogen-bond donors (Lipinski definition) is 1. The summed E-state index contributed by atoms with van der Waals surface area (Å²) in [5, 5.41) is 0. The molecule has 104 valence electrons. The first-order valence-corrected chi connectivity index (χ1v) is 6.71. The van der Waals surface area contributed by atoms with Gasteiger partial charge in [0.05, 0.1) is 18.6 Å². The zero-order chi connectivity index (χ0) is 14.0. The van der Waals surface area contributed by atoms with E-state index in [4.69, 9.17) is 10.5 Å². The van der Waals surface area contributed by atoms with Crippen LogP contribution in [0.4, 0.5) is 5.69 Å². The van der Waals surface area contributed by atoms with E-state index in [0.29, 0.717) is 19.8 Å². The lowest BCUT2D eigenvalue weighted by Gasteiger charge is -2.32. The van der Waals surface area contributed by atoms with E-state index < -0.39 is 5.41 Å². The van der Waals surface area contributed by atoms with E-state index in [-0.39, 0.29) is 11.9 Å². The van der Waals surface area contributed by atoms with Gasteiger partial charge in [-0.3, -0.25) is 4.79 Å². The largest absolute Gasteiger partial charge is 0.379 e. The smallest absolute Gasteiger partial charge is 0.236 e. The summed E-state index contributed by atoms with van der Waals surface area (Å²) in [5.41, 5.74) is 7.48. The summed E-state index contributed by atoms with van der Waals surface area (Å²) in [7, 11) is 0. The first-order valence-electron chi connectivity index (χ1n) is 6.71. The number of amides is 1. The minimum atomic E-state index is -0.625. The van der Waals surface area contributed by atoms with Crippen molar-refractivity contribution in [2.45, 2.75) is 26.8 Å². The molecule has 1 aromatic carbocycles. The summed E-state index contributed by atoms with van der Waals surface area (Å²) in [6.07, 6.45) is 0. The van der Waals surface area contributed by atoms with Gasteiger partial charge in [0.1, 0.15) is 0 Å². The van der Waals surface area contributed by atoms with Crippen LogP contribution in [0.15, 0.2) is 24.3 Å². The maximum Gasteiger partial charge on any atom is 0.236 e. The summed E-state index contributed by atoms with van der Waals surface area (Å²) in [6, 6.07) is 7.73. The fraction of sp³-hybridized carbons (Fsp3) is 0.533. The molecule has 1 aliphatic heterocycles. The van der Waals surface area contributed by atoms with Crippen LogP contribution in [0.3, 0.4) is 0 Å². The van der Waals surface area contributed by atoms with E-state index in [1.807, 2.05) is 45.0 Å². The molecular weight excluding hydrogens is 240 g/mol. The Morgan fingerprint density at radius 3 is 2.84 bits per heavy atom. The SMILES string of the molecule is CCN(C(=O)C1(C)COCC1N)c1cccc(C)c1. The van der Waals surface area contributed by atoms with Crippen molar-refractivity contribution in [1.29, 1.82) is 0 Å². The van der Waals surface area contributed by atoms with Crippen molar-refractivity contribution in [3.63, 3.8) is 0 Å². The second-order valence-corrected chi connectivity index (χ2v) is 5.43. The van der Waals surface area contributed by atoms with Gasteiger partial charge < -0.3 is 15.4 Å². The maximum atomic E-state index is 12.8. The number of anilines is 1. The predicted octanol–water partition coefficient (Wildman–Crippen LogP) is 1.71. The summed E-state index contributed by atoms with van der Waals surface area (Å²) >= 11 is 0. The van der Waals surface area contributed by atoms with Crippen LogP contribution in [-0.2, 0) is 9.53 Å². The Morgan fingerprint density at radius 2 is 2.32 bits per heavy atom. The van der Waals surface area contributed by atoms with Crippen LogP contribution in [0, 0.1) is 12.3 Å². The van der Waals surface area contributed by atoms with E-state index in [1.165, 1.54) is 0 Å². The molecule has 1 amide bonds. The number of benzene rings is 1. The second kappa shape index (κ2) is 5.31. The summed E-state index contributed by atoms with van der Waals surface area (Å²) < 4.78 is 5.38. The maximum absolute atomic E-state index is 12.8. The fourth-order valence-corrected chi connectivity index (χ4v) is 2.46. The predicted molar refractivity (Wildman–Crippen MR) is 76.1 cm³/mol. The average molecular weight is 262 g/mol. The first kappa shape index (κ1) is 14.0. The van der Waals surface area contributed by atoms with Gasteiger partial charge in [-0.2, -0.15) is 0 Å². The first-order chi connectivity index (χ1) is 8.99. The van der Waals surface area contributed by atoms with Crippen LogP contribution in [0.1, 0.15) is 19.4 Å². The molecule has 1 aromatic rings. The number of carbonyl (C=O) groups is 1. The molecule has 2 rings (SSSR count). The molecule has 4 heteroatoms. The number of aryl methyl sites for hydroxylation is 1. The fourth-order valence-electron chi connectivity index (χ4n) is 2.46. The molecule has 0 aromatic heterocycles. The lowest BCUT2D eigenvalue weighted by molar-refractivity contribution is -0.127. The zero-order valence-corrected chi connectivity index (χ0v) is 11.8. The third kappa shape index (κ3) is 2.51. The monoisotopic (exact) mass is 262 g/mol. The van der Waals surface area contributed by atoms with Gasteiger partial charge >= 0.3 is 0 Å². The highest BCUT2D eigenvalue weighted by atomic mass is 16.5. The van der Waals surface area contributed by atoms with Crippen molar-refractivity contribution in [3.8, 4) is 0 Å². The highest BCUT2D eigenvalue weighted by molar-refractivity contribution is 5.98. The number of nitrogens with two attached hydrogens (primary N) is 1. The van der Waals surface area contributed by atoms with E-state index in [1.54, 1.807) is 4.90 Å². The molecule has 1 aliphatic rings. The molecule has 0 aliphatic carbocycles. The lowest BCUT2D eigenvalue weighted by atomic mass is 9.84. The van der Waals surface area contributed by atoms with Crippen LogP contribution in [0.5, 0.6) is 0 Å². The van der Waals surface area contributed by atoms with Gasteiger partial charge in [0.15, 0.2) is 0 Å². The highest BCUT2D eigenvalue weighted by Crippen LogP contribution is 2.31. The standard InChI is InChI=1S/C15H22N2O2/c1-4-17(12-7-5-6-11(2)8-12)14(18)15(3)10-19-9-13(15)16/h5-8,13H,4,9-10,16H2,1-3H3. The van der Waals surface area contributed by atoms with Crippen molar-refractivity contribution in [2.75, 3.05) is 24.7 Å². The van der Waals surface area contributed by atoms with Crippen LogP contribution in [-0.4, -0.2) is 31.7 Å². The molecule has 19 heavy (non-hydrogen) atoms. The van der Waals surface area contributed by atoms with Crippen molar-refractivity contribution in [2.24, 2.45) is 11.1 Å². The third-order valence-electron chi connectivity index (χ3n) is 3.88. The molecule has 4 nitrogen and oxygen atoms in total. The second-order valence-electron chi connectivity index (χ2n) is 5.43. The number of nitrogens with zero attached hydrogens (tertiary/aromatic N) is 1. The van der Waals surface area contributed by atoms with Crippen molar-refractivity contribution in [3.05, 3.63) is 29.8 Å². The molecule has 2 N–H and O–H groups in total. The number of ether oxygens (including phenoxy) is 1. The van der Waals surface area contributed by atoms with Gasteiger partial charge in [0, 0.05) is 18.3 Å². The third-order valence-corrected chi connectivity index (χ3v) is 3.88. The Labute approximate surface area is 114 Å². The van der Waals surface area contributed by atoms with Gasteiger partial charge in [-0.15, -0.1) is 0 Å². The number of carbonyl (C=O) groups excluding carboxylic acids is 1. The van der Waals surface area contributed by atoms with Gasteiger partial charge in [0.25, 0.3) is 0 Å². The van der Waals surface area contributed by atoms with Crippen molar-refractivity contribution < 1.29 is 9.53 Å². The van der Waals surface area contributed by atoms with E-state index in [2.05, 4.69) is 0 Å². The minimum Gasteiger partial charge on any atom is -0.379 e. The molecule has 2 unspecified atom stereocenters. The lowest BCUT2D eigenvalue weighted by Crippen LogP contribution is -2.51. The van der Waals surface area contributed by atoms with Gasteiger partial charge in [0.2, 0.25) is 5.91 Å². The topological polar surface area (TPSA) is 55.6 Å². The van der Waals surface area contributed by atoms with Crippen LogP contribution in [0.2, 0.25) is 0 Å². The normalized spacial score (nSPS) is 26.4. The molecule has 0 saturated carbocycles. The summed E-state index contributed by atoms with van der Waals surface area (Å²) in [5.74, 6) is 0.0469. The Morgan fingerprint density at radius 1 is 1.58 bits per heavy atom. The molecule has 2 atom stereocenters. The quantitative estimate of drug-likeness (QED) is 0.902.